The Hall–Kier alpha value is -3.31. The highest BCUT2D eigenvalue weighted by Crippen LogP contribution is 2.25. The standard InChI is InChI=1S/C25H25N5/c1-2-6-23-22(5-1)25(29-24(28-23)18-30-15-3-4-16-30)27-21-9-7-19(8-10-21)17-20-11-13-26-14-12-20/h1-2,5-14H,3-4,15-18H2,(H,27,28,29). The number of pyridine rings is 1. The van der Waals surface area contributed by atoms with Crippen LogP contribution in [0.2, 0.25) is 0 Å². The molecule has 1 aliphatic heterocycles. The molecule has 0 saturated carbocycles. The van der Waals surface area contributed by atoms with Crippen LogP contribution >= 0.6 is 0 Å². The first-order valence-corrected chi connectivity index (χ1v) is 10.6. The van der Waals surface area contributed by atoms with E-state index >= 15 is 0 Å². The molecule has 0 atom stereocenters. The molecule has 0 amide bonds. The zero-order valence-electron chi connectivity index (χ0n) is 17.0. The summed E-state index contributed by atoms with van der Waals surface area (Å²) in [6.45, 7) is 3.08. The highest BCUT2D eigenvalue weighted by molar-refractivity contribution is 5.90. The van der Waals surface area contributed by atoms with E-state index in [0.717, 1.165) is 54.3 Å². The van der Waals surface area contributed by atoms with Crippen LogP contribution in [0.4, 0.5) is 11.5 Å². The first-order chi connectivity index (χ1) is 14.8. The zero-order valence-corrected chi connectivity index (χ0v) is 17.0. The predicted molar refractivity (Wildman–Crippen MR) is 121 cm³/mol. The Bertz CT molecular complexity index is 1120. The summed E-state index contributed by atoms with van der Waals surface area (Å²) in [7, 11) is 0. The summed E-state index contributed by atoms with van der Waals surface area (Å²) in [4.78, 5) is 16.2. The molecule has 5 heteroatoms. The summed E-state index contributed by atoms with van der Waals surface area (Å²) in [5, 5.41) is 4.57. The van der Waals surface area contributed by atoms with Gasteiger partial charge in [-0.25, -0.2) is 9.97 Å². The van der Waals surface area contributed by atoms with Gasteiger partial charge in [0, 0.05) is 23.5 Å². The number of nitrogens with one attached hydrogen (secondary N) is 1. The van der Waals surface area contributed by atoms with Crippen LogP contribution in [0, 0.1) is 0 Å². The van der Waals surface area contributed by atoms with Gasteiger partial charge in [0.05, 0.1) is 12.1 Å². The average molecular weight is 396 g/mol. The van der Waals surface area contributed by atoms with Gasteiger partial charge in [0.25, 0.3) is 0 Å². The van der Waals surface area contributed by atoms with Crippen molar-refractivity contribution in [2.75, 3.05) is 18.4 Å². The second-order valence-corrected chi connectivity index (χ2v) is 7.84. The summed E-state index contributed by atoms with van der Waals surface area (Å²) in [5.41, 5.74) is 4.55. The molecule has 30 heavy (non-hydrogen) atoms. The Labute approximate surface area is 176 Å². The van der Waals surface area contributed by atoms with Crippen molar-refractivity contribution in [3.63, 3.8) is 0 Å². The smallest absolute Gasteiger partial charge is 0.145 e. The van der Waals surface area contributed by atoms with Gasteiger partial charge in [-0.3, -0.25) is 9.88 Å². The Morgan fingerprint density at radius 2 is 1.53 bits per heavy atom. The fraction of sp³-hybridized carbons (Fsp3) is 0.240. The van der Waals surface area contributed by atoms with Crippen molar-refractivity contribution in [3.05, 3.63) is 90.0 Å². The fourth-order valence-electron chi connectivity index (χ4n) is 4.01. The van der Waals surface area contributed by atoms with E-state index in [1.807, 2.05) is 24.5 Å². The van der Waals surface area contributed by atoms with Crippen molar-refractivity contribution >= 4 is 22.4 Å². The van der Waals surface area contributed by atoms with Crippen molar-refractivity contribution in [2.24, 2.45) is 0 Å². The van der Waals surface area contributed by atoms with E-state index in [-0.39, 0.29) is 0 Å². The van der Waals surface area contributed by atoms with Gasteiger partial charge in [0.1, 0.15) is 11.6 Å². The molecule has 1 fully saturated rings. The van der Waals surface area contributed by atoms with E-state index in [1.54, 1.807) is 0 Å². The number of hydrogen-bond donors (Lipinski definition) is 1. The maximum atomic E-state index is 4.88. The van der Waals surface area contributed by atoms with Crippen LogP contribution < -0.4 is 5.32 Å². The number of likely N-dealkylation sites (tertiary alicyclic amines) is 1. The number of anilines is 2. The van der Waals surface area contributed by atoms with Crippen LogP contribution in [0.5, 0.6) is 0 Å². The van der Waals surface area contributed by atoms with Crippen molar-refractivity contribution in [1.29, 1.82) is 0 Å². The van der Waals surface area contributed by atoms with Crippen LogP contribution in [-0.4, -0.2) is 32.9 Å². The van der Waals surface area contributed by atoms with E-state index in [4.69, 9.17) is 9.97 Å². The van der Waals surface area contributed by atoms with Crippen molar-refractivity contribution in [2.45, 2.75) is 25.8 Å². The van der Waals surface area contributed by atoms with Crippen LogP contribution in [0.15, 0.2) is 73.1 Å². The van der Waals surface area contributed by atoms with E-state index in [9.17, 15) is 0 Å². The molecule has 1 N–H and O–H groups in total. The fourth-order valence-corrected chi connectivity index (χ4v) is 4.01. The molecule has 0 unspecified atom stereocenters. The predicted octanol–water partition coefficient (Wildman–Crippen LogP) is 4.96. The van der Waals surface area contributed by atoms with Crippen molar-refractivity contribution < 1.29 is 0 Å². The number of fused-ring (bicyclic) bond motifs is 1. The third kappa shape index (κ3) is 4.31. The van der Waals surface area contributed by atoms with E-state index in [1.165, 1.54) is 24.0 Å². The Morgan fingerprint density at radius 1 is 0.800 bits per heavy atom. The number of para-hydroxylation sites is 1. The van der Waals surface area contributed by atoms with Crippen molar-refractivity contribution in [1.82, 2.24) is 19.9 Å². The van der Waals surface area contributed by atoms with E-state index < -0.39 is 0 Å². The van der Waals surface area contributed by atoms with Gasteiger partial charge >= 0.3 is 0 Å². The SMILES string of the molecule is c1ccc2c(Nc3ccc(Cc4ccncc4)cc3)nc(CN3CCCC3)nc2c1. The van der Waals surface area contributed by atoms with E-state index in [0.29, 0.717) is 0 Å². The molecule has 0 aliphatic carbocycles. The summed E-state index contributed by atoms with van der Waals surface area (Å²) in [6, 6.07) is 20.9. The first-order valence-electron chi connectivity index (χ1n) is 10.6. The molecule has 0 spiro atoms. The molecule has 1 saturated heterocycles. The molecule has 2 aromatic heterocycles. The highest BCUT2D eigenvalue weighted by atomic mass is 15.2. The average Bonchev–Trinajstić information content (AvgIpc) is 3.29. The molecule has 0 radical (unpaired) electrons. The second kappa shape index (κ2) is 8.59. The monoisotopic (exact) mass is 395 g/mol. The van der Waals surface area contributed by atoms with Crippen LogP contribution in [0.25, 0.3) is 10.9 Å². The third-order valence-corrected chi connectivity index (χ3v) is 5.59. The van der Waals surface area contributed by atoms with Gasteiger partial charge < -0.3 is 5.32 Å². The van der Waals surface area contributed by atoms with Gasteiger partial charge in [0.2, 0.25) is 0 Å². The normalized spacial score (nSPS) is 14.3. The van der Waals surface area contributed by atoms with Crippen LogP contribution in [0.3, 0.4) is 0 Å². The topological polar surface area (TPSA) is 53.9 Å². The maximum Gasteiger partial charge on any atom is 0.145 e. The van der Waals surface area contributed by atoms with Gasteiger partial charge in [0.15, 0.2) is 0 Å². The summed E-state index contributed by atoms with van der Waals surface area (Å²) in [5.74, 6) is 1.75. The van der Waals surface area contributed by atoms with E-state index in [2.05, 4.69) is 63.7 Å². The molecule has 0 bridgehead atoms. The highest BCUT2D eigenvalue weighted by Gasteiger charge is 2.15. The number of benzene rings is 2. The Morgan fingerprint density at radius 3 is 2.33 bits per heavy atom. The summed E-state index contributed by atoms with van der Waals surface area (Å²) in [6.07, 6.45) is 7.12. The molecule has 4 aromatic rings. The lowest BCUT2D eigenvalue weighted by atomic mass is 10.1. The molecule has 5 rings (SSSR count). The molecule has 5 nitrogen and oxygen atoms in total. The summed E-state index contributed by atoms with van der Waals surface area (Å²) >= 11 is 0. The lowest BCUT2D eigenvalue weighted by Gasteiger charge is -2.16. The van der Waals surface area contributed by atoms with Crippen LogP contribution in [0.1, 0.15) is 29.8 Å². The molecule has 150 valence electrons. The first kappa shape index (κ1) is 18.7. The quantitative estimate of drug-likeness (QED) is 0.500. The number of aromatic nitrogens is 3. The zero-order chi connectivity index (χ0) is 20.2. The molecule has 3 heterocycles. The lowest BCUT2D eigenvalue weighted by molar-refractivity contribution is 0.323. The maximum absolute atomic E-state index is 4.88. The summed E-state index contributed by atoms with van der Waals surface area (Å²) < 4.78 is 0. The molecular formula is C25H25N5. The van der Waals surface area contributed by atoms with Crippen molar-refractivity contribution in [3.8, 4) is 0 Å². The van der Waals surface area contributed by atoms with Gasteiger partial charge in [-0.2, -0.15) is 0 Å². The lowest BCUT2D eigenvalue weighted by Crippen LogP contribution is -2.20. The second-order valence-electron chi connectivity index (χ2n) is 7.84. The number of nitrogens with zero attached hydrogens (tertiary/aromatic N) is 4. The van der Waals surface area contributed by atoms with Gasteiger partial charge in [-0.15, -0.1) is 0 Å². The van der Waals surface area contributed by atoms with Gasteiger partial charge in [-0.1, -0.05) is 24.3 Å². The largest absolute Gasteiger partial charge is 0.340 e. The molecule has 2 aromatic carbocycles. The minimum atomic E-state index is 0.810. The minimum absolute atomic E-state index is 0.810. The minimum Gasteiger partial charge on any atom is -0.340 e. The number of rotatable bonds is 6. The third-order valence-electron chi connectivity index (χ3n) is 5.59. The Balaban J connectivity index is 1.38. The number of hydrogen-bond acceptors (Lipinski definition) is 5. The Kier molecular flexibility index (Phi) is 5.36. The van der Waals surface area contributed by atoms with Gasteiger partial charge in [-0.05, 0) is 79.9 Å². The van der Waals surface area contributed by atoms with Crippen LogP contribution in [-0.2, 0) is 13.0 Å². The molecule has 1 aliphatic rings. The molecular weight excluding hydrogens is 370 g/mol.